The van der Waals surface area contributed by atoms with Crippen LogP contribution < -0.4 is 10.4 Å². The summed E-state index contributed by atoms with van der Waals surface area (Å²) in [4.78, 5) is 28.9. The lowest BCUT2D eigenvalue weighted by molar-refractivity contribution is -0.151. The van der Waals surface area contributed by atoms with Crippen molar-refractivity contribution < 1.29 is 19.2 Å². The molecule has 6 nitrogen and oxygen atoms in total. The Morgan fingerprint density at radius 1 is 1.06 bits per heavy atom. The predicted molar refractivity (Wildman–Crippen MR) is 116 cm³/mol. The predicted octanol–water partition coefficient (Wildman–Crippen LogP) is 3.45. The molecule has 4 rings (SSSR count). The minimum Gasteiger partial charge on any atom is -0.367 e. The number of carbonyl (C=O) groups excluding carboxylic acids is 2. The van der Waals surface area contributed by atoms with Crippen LogP contribution in [0.4, 0.5) is 10.1 Å². The Bertz CT molecular complexity index is 948. The highest BCUT2D eigenvalue weighted by Gasteiger charge is 2.45. The molecule has 4 atom stereocenters. The molecule has 0 bridgehead atoms. The molecule has 3 unspecified atom stereocenters. The minimum absolute atomic E-state index is 0.00510. The van der Waals surface area contributed by atoms with Crippen LogP contribution in [0.25, 0.3) is 11.1 Å². The number of nitrogens with zero attached hydrogens (tertiary/aromatic N) is 2. The van der Waals surface area contributed by atoms with Crippen molar-refractivity contribution in [1.29, 1.82) is 0 Å². The van der Waals surface area contributed by atoms with Crippen molar-refractivity contribution in [1.82, 2.24) is 10.4 Å². The van der Waals surface area contributed by atoms with E-state index in [1.165, 1.54) is 12.1 Å². The van der Waals surface area contributed by atoms with Crippen LogP contribution in [0, 0.1) is 17.7 Å². The first-order valence-corrected chi connectivity index (χ1v) is 10.7. The SMILES string of the molecule is CC1C[C@@H](CC(=O)NO)C(=O)N2C(C)CN(c3ccc(-c4ccc(F)cc4)cc3)CC12. The highest BCUT2D eigenvalue weighted by Crippen LogP contribution is 2.36. The molecule has 0 radical (unpaired) electrons. The number of hydrogen-bond acceptors (Lipinski definition) is 4. The number of anilines is 1. The number of piperidine rings is 1. The highest BCUT2D eigenvalue weighted by atomic mass is 19.1. The number of halogens is 1. The lowest BCUT2D eigenvalue weighted by atomic mass is 9.79. The molecule has 2 amide bonds. The first-order valence-electron chi connectivity index (χ1n) is 10.7. The topological polar surface area (TPSA) is 72.9 Å². The van der Waals surface area contributed by atoms with E-state index in [9.17, 15) is 14.0 Å². The standard InChI is InChI=1S/C24H28FN3O3/c1-15-11-19(12-23(29)26-31)24(30)28-16(2)13-27(14-22(15)28)21-9-5-18(6-10-21)17-3-7-20(25)8-4-17/h3-10,15-16,19,22,31H,11-14H2,1-2H3,(H,26,29)/t15?,16?,19-,22?/m0/s1. The van der Waals surface area contributed by atoms with Crippen LogP contribution in [-0.4, -0.2) is 47.1 Å². The smallest absolute Gasteiger partial charge is 0.244 e. The zero-order valence-corrected chi connectivity index (χ0v) is 17.8. The maximum absolute atomic E-state index is 13.2. The summed E-state index contributed by atoms with van der Waals surface area (Å²) in [5.41, 5.74) is 4.74. The molecular weight excluding hydrogens is 397 g/mol. The summed E-state index contributed by atoms with van der Waals surface area (Å²) in [6.07, 6.45) is 0.654. The zero-order valence-electron chi connectivity index (χ0n) is 17.8. The van der Waals surface area contributed by atoms with Gasteiger partial charge in [0, 0.05) is 37.2 Å². The number of benzene rings is 2. The van der Waals surface area contributed by atoms with Gasteiger partial charge in [0.15, 0.2) is 0 Å². The van der Waals surface area contributed by atoms with E-state index in [2.05, 4.69) is 24.0 Å². The molecule has 7 heteroatoms. The van der Waals surface area contributed by atoms with E-state index in [1.807, 2.05) is 24.0 Å². The monoisotopic (exact) mass is 425 g/mol. The van der Waals surface area contributed by atoms with Crippen LogP contribution in [0.3, 0.4) is 0 Å². The molecule has 2 aliphatic rings. The van der Waals surface area contributed by atoms with Gasteiger partial charge in [0.25, 0.3) is 0 Å². The minimum atomic E-state index is -0.517. The fourth-order valence-corrected chi connectivity index (χ4v) is 5.03. The second kappa shape index (κ2) is 8.67. The van der Waals surface area contributed by atoms with Crippen LogP contribution in [0.5, 0.6) is 0 Å². The van der Waals surface area contributed by atoms with Gasteiger partial charge in [-0.05, 0) is 54.7 Å². The molecular formula is C24H28FN3O3. The maximum atomic E-state index is 13.2. The molecule has 2 aromatic carbocycles. The summed E-state index contributed by atoms with van der Waals surface area (Å²) in [6, 6.07) is 14.8. The van der Waals surface area contributed by atoms with Gasteiger partial charge in [0.2, 0.25) is 11.8 Å². The summed E-state index contributed by atoms with van der Waals surface area (Å²) in [6.45, 7) is 5.63. The third-order valence-corrected chi connectivity index (χ3v) is 6.61. The number of carbonyl (C=O) groups is 2. The number of rotatable bonds is 4. The molecule has 0 aliphatic carbocycles. The van der Waals surface area contributed by atoms with Gasteiger partial charge in [-0.2, -0.15) is 0 Å². The average molecular weight is 426 g/mol. The van der Waals surface area contributed by atoms with E-state index in [0.717, 1.165) is 23.4 Å². The molecule has 2 aromatic rings. The molecule has 2 saturated heterocycles. The first kappa shape index (κ1) is 21.3. The normalized spacial score (nSPS) is 25.9. The van der Waals surface area contributed by atoms with Gasteiger partial charge in [0.05, 0.1) is 6.04 Å². The Balaban J connectivity index is 1.49. The highest BCUT2D eigenvalue weighted by molar-refractivity contribution is 5.86. The number of fused-ring (bicyclic) bond motifs is 1. The number of nitrogens with one attached hydrogen (secondary N) is 1. The first-order chi connectivity index (χ1) is 14.9. The van der Waals surface area contributed by atoms with Crippen molar-refractivity contribution in [3.05, 3.63) is 54.3 Å². The second-order valence-electron chi connectivity index (χ2n) is 8.77. The second-order valence-corrected chi connectivity index (χ2v) is 8.77. The molecule has 2 heterocycles. The van der Waals surface area contributed by atoms with Gasteiger partial charge >= 0.3 is 0 Å². The maximum Gasteiger partial charge on any atom is 0.244 e. The third-order valence-electron chi connectivity index (χ3n) is 6.61. The molecule has 31 heavy (non-hydrogen) atoms. The van der Waals surface area contributed by atoms with Crippen LogP contribution >= 0.6 is 0 Å². The Kier molecular flexibility index (Phi) is 5.96. The van der Waals surface area contributed by atoms with Crippen LogP contribution in [0.15, 0.2) is 48.5 Å². The fourth-order valence-electron chi connectivity index (χ4n) is 5.03. The van der Waals surface area contributed by atoms with Crippen molar-refractivity contribution in [2.75, 3.05) is 18.0 Å². The van der Waals surface area contributed by atoms with Crippen molar-refractivity contribution in [2.45, 2.75) is 38.8 Å². The number of hydrogen-bond donors (Lipinski definition) is 2. The van der Waals surface area contributed by atoms with E-state index in [-0.39, 0.29) is 42.1 Å². The summed E-state index contributed by atoms with van der Waals surface area (Å²) in [5.74, 6) is -0.898. The summed E-state index contributed by atoms with van der Waals surface area (Å²) in [7, 11) is 0. The van der Waals surface area contributed by atoms with Gasteiger partial charge in [-0.15, -0.1) is 0 Å². The summed E-state index contributed by atoms with van der Waals surface area (Å²) >= 11 is 0. The van der Waals surface area contributed by atoms with E-state index in [0.29, 0.717) is 13.0 Å². The molecule has 2 aliphatic heterocycles. The molecule has 0 aromatic heterocycles. The molecule has 0 saturated carbocycles. The van der Waals surface area contributed by atoms with Gasteiger partial charge in [-0.3, -0.25) is 14.8 Å². The Morgan fingerprint density at radius 3 is 2.29 bits per heavy atom. The molecule has 2 N–H and O–H groups in total. The molecule has 164 valence electrons. The number of hydroxylamine groups is 1. The average Bonchev–Trinajstić information content (AvgIpc) is 2.77. The van der Waals surface area contributed by atoms with Crippen molar-refractivity contribution in [3.63, 3.8) is 0 Å². The van der Waals surface area contributed by atoms with Crippen molar-refractivity contribution in [2.24, 2.45) is 11.8 Å². The quantitative estimate of drug-likeness (QED) is 0.581. The third kappa shape index (κ3) is 4.28. The Morgan fingerprint density at radius 2 is 1.68 bits per heavy atom. The Hall–Kier alpha value is -2.93. The summed E-state index contributed by atoms with van der Waals surface area (Å²) in [5, 5.41) is 8.82. The zero-order chi connectivity index (χ0) is 22.1. The van der Waals surface area contributed by atoms with Gasteiger partial charge < -0.3 is 9.80 Å². The van der Waals surface area contributed by atoms with Gasteiger partial charge in [-0.25, -0.2) is 9.87 Å². The van der Waals surface area contributed by atoms with Crippen LogP contribution in [0.2, 0.25) is 0 Å². The number of piperazine rings is 1. The molecule has 2 fully saturated rings. The van der Waals surface area contributed by atoms with E-state index >= 15 is 0 Å². The van der Waals surface area contributed by atoms with Crippen LogP contribution in [0.1, 0.15) is 26.7 Å². The van der Waals surface area contributed by atoms with Gasteiger partial charge in [-0.1, -0.05) is 31.2 Å². The fraction of sp³-hybridized carbons (Fsp3) is 0.417. The largest absolute Gasteiger partial charge is 0.367 e. The van der Waals surface area contributed by atoms with Gasteiger partial charge in [0.1, 0.15) is 5.82 Å². The summed E-state index contributed by atoms with van der Waals surface area (Å²) < 4.78 is 13.2. The van der Waals surface area contributed by atoms with E-state index in [4.69, 9.17) is 5.21 Å². The van der Waals surface area contributed by atoms with E-state index < -0.39 is 5.91 Å². The van der Waals surface area contributed by atoms with Crippen molar-refractivity contribution >= 4 is 17.5 Å². The lowest BCUT2D eigenvalue weighted by Crippen LogP contribution is -2.65. The molecule has 0 spiro atoms. The van der Waals surface area contributed by atoms with E-state index in [1.54, 1.807) is 17.6 Å². The number of amides is 2. The van der Waals surface area contributed by atoms with Crippen molar-refractivity contribution in [3.8, 4) is 11.1 Å². The Labute approximate surface area is 181 Å². The lowest BCUT2D eigenvalue weighted by Gasteiger charge is -2.52. The van der Waals surface area contributed by atoms with Crippen LogP contribution in [-0.2, 0) is 9.59 Å².